The Bertz CT molecular complexity index is 900. The summed E-state index contributed by atoms with van der Waals surface area (Å²) < 4.78 is 6.62. The molecule has 1 N–H and O–H groups in total. The lowest BCUT2D eigenvalue weighted by Gasteiger charge is -2.39. The van der Waals surface area contributed by atoms with E-state index in [1.807, 2.05) is 45.7 Å². The summed E-state index contributed by atoms with van der Waals surface area (Å²) in [5.41, 5.74) is -1.49. The Morgan fingerprint density at radius 3 is 2.15 bits per heavy atom. The lowest BCUT2D eigenvalue weighted by molar-refractivity contribution is -0.403. The third kappa shape index (κ3) is 8.44. The molecule has 0 saturated carbocycles. The summed E-state index contributed by atoms with van der Waals surface area (Å²) in [5, 5.41) is 22.3. The summed E-state index contributed by atoms with van der Waals surface area (Å²) in [5.74, 6) is -1.69. The first-order chi connectivity index (χ1) is 15.2. The number of carbonyl (C=O) groups excluding carboxylic acids is 1. The second kappa shape index (κ2) is 10.5. The van der Waals surface area contributed by atoms with Crippen molar-refractivity contribution in [3.8, 4) is 0 Å². The molecular formula is C21H39N5O7Si. The van der Waals surface area contributed by atoms with Crippen LogP contribution in [0.25, 0.3) is 0 Å². The van der Waals surface area contributed by atoms with Gasteiger partial charge in [0.2, 0.25) is 0 Å². The van der Waals surface area contributed by atoms with Gasteiger partial charge in [0.05, 0.1) is 13.1 Å². The Kier molecular flexibility index (Phi) is 9.14. The highest BCUT2D eigenvalue weighted by molar-refractivity contribution is 6.72. The predicted octanol–water partition coefficient (Wildman–Crippen LogP) is 3.88. The van der Waals surface area contributed by atoms with E-state index in [2.05, 4.69) is 4.98 Å². The van der Waals surface area contributed by atoms with E-state index in [4.69, 9.17) is 4.74 Å². The van der Waals surface area contributed by atoms with Crippen molar-refractivity contribution in [2.24, 2.45) is 0 Å². The van der Waals surface area contributed by atoms with Crippen LogP contribution in [-0.4, -0.2) is 67.6 Å². The van der Waals surface area contributed by atoms with Gasteiger partial charge < -0.3 is 29.8 Å². The minimum Gasteiger partial charge on any atom is -0.459 e. The van der Waals surface area contributed by atoms with Gasteiger partial charge in [-0.1, -0.05) is 13.8 Å². The van der Waals surface area contributed by atoms with Crippen LogP contribution in [0.4, 0.5) is 11.8 Å². The minimum atomic E-state index is -2.42. The third-order valence-corrected chi connectivity index (χ3v) is 9.69. The average molecular weight is 502 g/mol. The highest BCUT2D eigenvalue weighted by Crippen LogP contribution is 2.40. The molecule has 0 aliphatic carbocycles. The van der Waals surface area contributed by atoms with Gasteiger partial charge in [-0.15, -0.1) is 0 Å². The molecule has 1 heterocycles. The van der Waals surface area contributed by atoms with E-state index in [0.717, 1.165) is 17.2 Å². The molecule has 1 aromatic rings. The van der Waals surface area contributed by atoms with Crippen LogP contribution in [0, 0.1) is 20.2 Å². The molecule has 0 fully saturated rings. The van der Waals surface area contributed by atoms with Crippen LogP contribution in [0.3, 0.4) is 0 Å². The molecule has 0 unspecified atom stereocenters. The molecular weight excluding hydrogens is 462 g/mol. The van der Waals surface area contributed by atoms with Crippen LogP contribution in [0.2, 0.25) is 18.1 Å². The SMILES string of the molecule is CC(C)(C)OC(=O)CN(CCCC(C)(C)[Si](C)(C)O)C(C)(C)Cn1cc([N+](=O)[O-])nc1[N+](=O)[O-]. The van der Waals surface area contributed by atoms with Gasteiger partial charge in [-0.2, -0.15) is 0 Å². The number of nitro groups is 2. The van der Waals surface area contributed by atoms with Gasteiger partial charge in [-0.25, -0.2) is 4.57 Å². The van der Waals surface area contributed by atoms with Crippen LogP contribution < -0.4 is 0 Å². The Labute approximate surface area is 201 Å². The molecule has 194 valence electrons. The highest BCUT2D eigenvalue weighted by Gasteiger charge is 2.39. The zero-order chi connectivity index (χ0) is 26.7. The highest BCUT2D eigenvalue weighted by atomic mass is 28.4. The van der Waals surface area contributed by atoms with Gasteiger partial charge >= 0.3 is 17.7 Å². The molecule has 34 heavy (non-hydrogen) atoms. The van der Waals surface area contributed by atoms with Crippen molar-refractivity contribution in [2.45, 2.75) is 97.1 Å². The normalized spacial score (nSPS) is 13.3. The molecule has 0 aromatic carbocycles. The molecule has 0 spiro atoms. The molecule has 0 atom stereocenters. The standard InChI is InChI=1S/C21H39N5O7Si/c1-19(2,3)33-17(27)14-24(12-10-11-21(6,7)34(8,9)32)20(4,5)15-23-13-16(25(28)29)22-18(23)26(30)31/h13,32H,10-12,14-15H2,1-9H3. The van der Waals surface area contributed by atoms with Gasteiger partial charge in [0.1, 0.15) is 5.60 Å². The van der Waals surface area contributed by atoms with Gasteiger partial charge in [0.25, 0.3) is 0 Å². The lowest BCUT2D eigenvalue weighted by Crippen LogP contribution is -2.51. The summed E-state index contributed by atoms with van der Waals surface area (Å²) in [4.78, 5) is 49.6. The first kappa shape index (κ1) is 29.6. The molecule has 0 bridgehead atoms. The Hall–Kier alpha value is -2.38. The van der Waals surface area contributed by atoms with E-state index in [0.29, 0.717) is 13.0 Å². The van der Waals surface area contributed by atoms with E-state index in [1.165, 1.54) is 0 Å². The van der Waals surface area contributed by atoms with Crippen molar-refractivity contribution in [3.05, 3.63) is 26.4 Å². The van der Waals surface area contributed by atoms with E-state index in [9.17, 15) is 29.8 Å². The fourth-order valence-electron chi connectivity index (χ4n) is 3.40. The number of carbonyl (C=O) groups is 1. The fraction of sp³-hybridized carbons (Fsp3) is 0.810. The lowest BCUT2D eigenvalue weighted by atomic mass is 10.00. The summed E-state index contributed by atoms with van der Waals surface area (Å²) in [6, 6.07) is 0. The van der Waals surface area contributed by atoms with Crippen LogP contribution in [0.15, 0.2) is 6.20 Å². The first-order valence-electron chi connectivity index (χ1n) is 11.2. The zero-order valence-corrected chi connectivity index (χ0v) is 22.7. The number of imidazole rings is 1. The van der Waals surface area contributed by atoms with Gasteiger partial charge in [-0.05, 0) is 87.0 Å². The number of hydrogen-bond donors (Lipinski definition) is 1. The van der Waals surface area contributed by atoms with Crippen molar-refractivity contribution in [3.63, 3.8) is 0 Å². The van der Waals surface area contributed by atoms with Crippen LogP contribution >= 0.6 is 0 Å². The largest absolute Gasteiger partial charge is 0.459 e. The number of rotatable bonds is 12. The maximum atomic E-state index is 12.6. The topological polar surface area (TPSA) is 154 Å². The van der Waals surface area contributed by atoms with Crippen molar-refractivity contribution in [1.82, 2.24) is 14.5 Å². The second-order valence-corrected chi connectivity index (χ2v) is 15.9. The molecule has 1 aromatic heterocycles. The van der Waals surface area contributed by atoms with E-state index < -0.39 is 47.0 Å². The smallest absolute Gasteiger partial charge is 0.439 e. The summed E-state index contributed by atoms with van der Waals surface area (Å²) in [7, 11) is -2.42. The Morgan fingerprint density at radius 1 is 1.15 bits per heavy atom. The van der Waals surface area contributed by atoms with Crippen LogP contribution in [0.1, 0.15) is 61.3 Å². The van der Waals surface area contributed by atoms with E-state index in [-0.39, 0.29) is 18.1 Å². The molecule has 0 radical (unpaired) electrons. The monoisotopic (exact) mass is 501 g/mol. The molecule has 0 amide bonds. The van der Waals surface area contributed by atoms with Crippen molar-refractivity contribution in [2.75, 3.05) is 13.1 Å². The van der Waals surface area contributed by atoms with E-state index in [1.54, 1.807) is 20.8 Å². The molecule has 0 aliphatic heterocycles. The average Bonchev–Trinajstić information content (AvgIpc) is 3.01. The number of esters is 1. The number of hydrogen-bond acceptors (Lipinski definition) is 9. The molecule has 0 aliphatic rings. The summed E-state index contributed by atoms with van der Waals surface area (Å²) in [6.07, 6.45) is 2.43. The van der Waals surface area contributed by atoms with Gasteiger partial charge in [-0.3, -0.25) is 9.69 Å². The molecule has 12 nitrogen and oxygen atoms in total. The minimum absolute atomic E-state index is 0.00339. The molecule has 1 rings (SSSR count). The van der Waals surface area contributed by atoms with E-state index >= 15 is 0 Å². The van der Waals surface area contributed by atoms with Gasteiger partial charge in [0, 0.05) is 5.54 Å². The first-order valence-corrected chi connectivity index (χ1v) is 14.2. The fourth-order valence-corrected chi connectivity index (χ4v) is 4.19. The summed E-state index contributed by atoms with van der Waals surface area (Å²) >= 11 is 0. The maximum absolute atomic E-state index is 12.6. The molecule has 13 heteroatoms. The van der Waals surface area contributed by atoms with Crippen molar-refractivity contribution in [1.29, 1.82) is 0 Å². The van der Waals surface area contributed by atoms with Crippen molar-refractivity contribution >= 4 is 26.1 Å². The Balaban J connectivity index is 3.19. The maximum Gasteiger partial charge on any atom is 0.439 e. The quantitative estimate of drug-likeness (QED) is 0.194. The number of aromatic nitrogens is 2. The molecule has 0 saturated heterocycles. The Morgan fingerprint density at radius 2 is 1.71 bits per heavy atom. The zero-order valence-electron chi connectivity index (χ0n) is 21.7. The predicted molar refractivity (Wildman–Crippen MR) is 130 cm³/mol. The summed E-state index contributed by atoms with van der Waals surface area (Å²) in [6.45, 7) is 17.1. The second-order valence-electron chi connectivity index (χ2n) is 11.4. The third-order valence-electron chi connectivity index (χ3n) is 6.13. The number of ether oxygens (including phenoxy) is 1. The number of nitrogens with zero attached hydrogens (tertiary/aromatic N) is 5. The van der Waals surface area contributed by atoms with Crippen LogP contribution in [0.5, 0.6) is 0 Å². The van der Waals surface area contributed by atoms with Crippen molar-refractivity contribution < 1.29 is 24.2 Å². The van der Waals surface area contributed by atoms with Crippen LogP contribution in [-0.2, 0) is 16.1 Å². The van der Waals surface area contributed by atoms with Gasteiger partial charge in [0.15, 0.2) is 14.5 Å².